The Morgan fingerprint density at radius 3 is 2.43 bits per heavy atom. The predicted octanol–water partition coefficient (Wildman–Crippen LogP) is 3.68. The standard InChI is InChI=1S/C44H65FN6O11S/c1-11-34-44(8,58)38(55)25(4)36(53)23(2)20-43(7,59-10)39(26(5)37(54)27(6)41(56)61-34)62-35-19-30(16-24(3)60-35)50(9)15-14-29-21-51(49-46-29)31(22-52)17-28-12-13-32(33(45)18-28)40-47-48-42(57)63-40/h12-13,18,21,23-27,30-31,34-35,38-39,52,55,58H,11,14-17,19-20,22H2,1-10H3,(H,48,57)/t23-,24-,25+,26+,27-,30+,31+,34-,35+,38-,39-,43-,44-/m1/s1. The van der Waals surface area contributed by atoms with Crippen molar-refractivity contribution in [2.45, 2.75) is 148 Å². The summed E-state index contributed by atoms with van der Waals surface area (Å²) in [6.45, 7) is 13.4. The summed E-state index contributed by atoms with van der Waals surface area (Å²) < 4.78 is 41.5. The van der Waals surface area contributed by atoms with E-state index in [0.717, 1.165) is 11.3 Å². The lowest BCUT2D eigenvalue weighted by Gasteiger charge is -2.46. The van der Waals surface area contributed by atoms with Crippen LogP contribution in [0.1, 0.15) is 98.4 Å². The molecule has 4 heterocycles. The average Bonchev–Trinajstić information content (AvgIpc) is 3.92. The second kappa shape index (κ2) is 21.0. The molecule has 17 nitrogen and oxygen atoms in total. The normalized spacial score (nSPS) is 33.3. The Morgan fingerprint density at radius 2 is 1.81 bits per heavy atom. The molecule has 0 unspecified atom stereocenters. The molecule has 0 bridgehead atoms. The van der Waals surface area contributed by atoms with E-state index in [1.807, 2.05) is 14.0 Å². The highest BCUT2D eigenvalue weighted by atomic mass is 32.1. The maximum absolute atomic E-state index is 15.0. The fraction of sp³-hybridized carbons (Fsp3) is 0.705. The lowest BCUT2D eigenvalue weighted by molar-refractivity contribution is -0.263. The summed E-state index contributed by atoms with van der Waals surface area (Å²) in [5, 5.41) is 48.0. The van der Waals surface area contributed by atoms with Crippen molar-refractivity contribution in [1.29, 1.82) is 0 Å². The molecule has 2 fully saturated rings. The zero-order chi connectivity index (χ0) is 46.6. The molecule has 2 aliphatic rings. The highest BCUT2D eigenvalue weighted by molar-refractivity contribution is 7.12. The highest BCUT2D eigenvalue weighted by Gasteiger charge is 2.51. The maximum atomic E-state index is 15.0. The van der Waals surface area contributed by atoms with E-state index < -0.39 is 83.1 Å². The molecule has 63 heavy (non-hydrogen) atoms. The summed E-state index contributed by atoms with van der Waals surface area (Å²) in [6, 6.07) is 4.12. The third-order valence-electron chi connectivity index (χ3n) is 13.2. The second-order valence-electron chi connectivity index (χ2n) is 18.0. The van der Waals surface area contributed by atoms with Gasteiger partial charge in [0.1, 0.15) is 29.2 Å². The van der Waals surface area contributed by atoms with Gasteiger partial charge in [0, 0.05) is 62.1 Å². The van der Waals surface area contributed by atoms with E-state index in [1.165, 1.54) is 33.9 Å². The minimum Gasteiger partial charge on any atom is -0.459 e. The van der Waals surface area contributed by atoms with Crippen molar-refractivity contribution in [3.63, 3.8) is 0 Å². The van der Waals surface area contributed by atoms with E-state index >= 15 is 0 Å². The molecule has 3 aromatic rings. The number of likely N-dealkylation sites (N-methyl/N-ethyl adjacent to an activating group) is 1. The van der Waals surface area contributed by atoms with Crippen LogP contribution in [-0.4, -0.2) is 138 Å². The summed E-state index contributed by atoms with van der Waals surface area (Å²) in [7, 11) is 3.47. The number of nitrogens with zero attached hydrogens (tertiary/aromatic N) is 5. The first kappa shape index (κ1) is 50.2. The van der Waals surface area contributed by atoms with Gasteiger partial charge < -0.3 is 39.2 Å². The number of H-pyrrole nitrogens is 1. The van der Waals surface area contributed by atoms with Crippen molar-refractivity contribution in [2.75, 3.05) is 27.3 Å². The number of Topliss-reactive ketones (excluding diaryl/α,β-unsaturated/α-hetero) is 2. The molecule has 2 saturated heterocycles. The van der Waals surface area contributed by atoms with Gasteiger partial charge in [0.2, 0.25) is 0 Å². The van der Waals surface area contributed by atoms with Crippen molar-refractivity contribution >= 4 is 28.9 Å². The van der Waals surface area contributed by atoms with Crippen molar-refractivity contribution in [1.82, 2.24) is 30.1 Å². The first-order chi connectivity index (χ1) is 29.6. The monoisotopic (exact) mass is 904 g/mol. The molecule has 2 aliphatic heterocycles. The largest absolute Gasteiger partial charge is 0.459 e. The van der Waals surface area contributed by atoms with Gasteiger partial charge in [-0.1, -0.05) is 50.3 Å². The van der Waals surface area contributed by atoms with E-state index in [9.17, 15) is 38.9 Å². The average molecular weight is 905 g/mol. The molecular formula is C44H65FN6O11S. The molecule has 4 N–H and O–H groups in total. The Balaban J connectivity index is 1.28. The highest BCUT2D eigenvalue weighted by Crippen LogP contribution is 2.38. The summed E-state index contributed by atoms with van der Waals surface area (Å²) in [6.07, 6.45) is -0.846. The SMILES string of the molecule is CC[C@H]1OC(=O)[C@H](C)C(=O)[C@H](C)[C@@H](O[C@H]2C[C@@H](N(C)CCc3cn([C@H](CO)Cc4ccc(-c5n[nH]c(=O)s5)c(F)c4)nn3)C[C@@H](C)O2)[C@](C)(OC)C[C@@H](C)C(=O)[C@H](C)[C@@H](O)[C@]1(C)O. The first-order valence-corrected chi connectivity index (χ1v) is 22.6. The molecule has 0 aliphatic carbocycles. The van der Waals surface area contributed by atoms with E-state index in [0.29, 0.717) is 37.1 Å². The number of hydrogen-bond donors (Lipinski definition) is 4. The molecule has 0 amide bonds. The van der Waals surface area contributed by atoms with Crippen LogP contribution in [0.5, 0.6) is 0 Å². The van der Waals surface area contributed by atoms with Crippen molar-refractivity contribution in [3.05, 3.63) is 51.1 Å². The number of methoxy groups -OCH3 is 1. The molecule has 350 valence electrons. The number of halogens is 1. The third kappa shape index (κ3) is 11.5. The van der Waals surface area contributed by atoms with Crippen LogP contribution in [0.4, 0.5) is 4.39 Å². The van der Waals surface area contributed by atoms with E-state index in [2.05, 4.69) is 25.4 Å². The maximum Gasteiger partial charge on any atom is 0.322 e. The Morgan fingerprint density at radius 1 is 1.10 bits per heavy atom. The quantitative estimate of drug-likeness (QED) is 0.142. The molecule has 0 spiro atoms. The van der Waals surface area contributed by atoms with Gasteiger partial charge in [0.05, 0.1) is 42.3 Å². The fourth-order valence-electron chi connectivity index (χ4n) is 9.11. The van der Waals surface area contributed by atoms with Crippen LogP contribution in [0, 0.1) is 29.5 Å². The van der Waals surface area contributed by atoms with Crippen LogP contribution < -0.4 is 4.87 Å². The van der Waals surface area contributed by atoms with E-state index in [1.54, 1.807) is 50.7 Å². The van der Waals surface area contributed by atoms with Crippen LogP contribution in [0.3, 0.4) is 0 Å². The number of cyclic esters (lactones) is 1. The number of aromatic nitrogens is 5. The lowest BCUT2D eigenvalue weighted by atomic mass is 9.74. The van der Waals surface area contributed by atoms with Gasteiger partial charge in [-0.3, -0.25) is 19.2 Å². The number of aromatic amines is 1. The molecule has 13 atom stereocenters. The molecule has 0 saturated carbocycles. The Labute approximate surface area is 371 Å². The van der Waals surface area contributed by atoms with Gasteiger partial charge in [-0.2, -0.15) is 5.10 Å². The molecule has 1 aromatic carbocycles. The van der Waals surface area contributed by atoms with Crippen LogP contribution in [0.25, 0.3) is 10.6 Å². The number of hydrogen-bond acceptors (Lipinski definition) is 16. The number of aliphatic hydroxyl groups is 3. The summed E-state index contributed by atoms with van der Waals surface area (Å²) in [5.74, 6) is -6.10. The number of aliphatic hydroxyl groups excluding tert-OH is 2. The lowest BCUT2D eigenvalue weighted by Crippen LogP contribution is -2.58. The number of nitrogens with one attached hydrogen (secondary N) is 1. The number of esters is 1. The molecule has 0 radical (unpaired) electrons. The fourth-order valence-corrected chi connectivity index (χ4v) is 9.75. The molecule has 19 heteroatoms. The summed E-state index contributed by atoms with van der Waals surface area (Å²) in [5.41, 5.74) is -1.69. The van der Waals surface area contributed by atoms with Gasteiger partial charge in [0.25, 0.3) is 0 Å². The number of ether oxygens (including phenoxy) is 4. The van der Waals surface area contributed by atoms with Crippen molar-refractivity contribution in [2.24, 2.45) is 23.7 Å². The summed E-state index contributed by atoms with van der Waals surface area (Å²) >= 11 is 0.818. The Bertz CT molecular complexity index is 2100. The molecular weight excluding hydrogens is 840 g/mol. The Kier molecular flexibility index (Phi) is 16.7. The molecule has 5 rings (SSSR count). The second-order valence-corrected chi connectivity index (χ2v) is 18.9. The van der Waals surface area contributed by atoms with E-state index in [4.69, 9.17) is 18.9 Å². The third-order valence-corrected chi connectivity index (χ3v) is 13.9. The minimum absolute atomic E-state index is 0.0202. The van der Waals surface area contributed by atoms with Gasteiger partial charge in [-0.15, -0.1) is 5.10 Å². The number of benzene rings is 1. The minimum atomic E-state index is -1.97. The number of carbonyl (C=O) groups excluding carboxylic acids is 3. The van der Waals surface area contributed by atoms with Gasteiger partial charge in [-0.25, -0.2) is 14.2 Å². The predicted molar refractivity (Wildman–Crippen MR) is 230 cm³/mol. The molecule has 2 aromatic heterocycles. The van der Waals surface area contributed by atoms with Crippen LogP contribution in [0.2, 0.25) is 0 Å². The number of ketones is 2. The van der Waals surface area contributed by atoms with Crippen molar-refractivity contribution in [3.8, 4) is 10.6 Å². The van der Waals surface area contributed by atoms with Gasteiger partial charge >= 0.3 is 10.8 Å². The summed E-state index contributed by atoms with van der Waals surface area (Å²) in [4.78, 5) is 54.8. The van der Waals surface area contributed by atoms with Crippen molar-refractivity contribution < 1.29 is 53.0 Å². The van der Waals surface area contributed by atoms with Gasteiger partial charge in [-0.05, 0) is 78.1 Å². The number of rotatable bonds is 13. The van der Waals surface area contributed by atoms with E-state index in [-0.39, 0.29) is 59.2 Å². The topological polar surface area (TPSA) is 229 Å². The first-order valence-electron chi connectivity index (χ1n) is 21.7. The number of carbonyl (C=O) groups is 3. The zero-order valence-electron chi connectivity index (χ0n) is 37.9. The van der Waals surface area contributed by atoms with Gasteiger partial charge in [0.15, 0.2) is 17.1 Å². The zero-order valence-corrected chi connectivity index (χ0v) is 38.8. The Hall–Kier alpha value is -3.82. The smallest absolute Gasteiger partial charge is 0.322 e. The van der Waals surface area contributed by atoms with Crippen LogP contribution in [0.15, 0.2) is 29.2 Å². The van der Waals surface area contributed by atoms with Crippen LogP contribution in [-0.2, 0) is 46.2 Å². The van der Waals surface area contributed by atoms with Crippen LogP contribution >= 0.6 is 11.3 Å².